The molecule has 5 atom stereocenters. The Morgan fingerprint density at radius 1 is 1.03 bits per heavy atom. The Bertz CT molecular complexity index is 1100. The summed E-state index contributed by atoms with van der Waals surface area (Å²) in [6.45, 7) is 26.2. The monoisotopic (exact) mass is 556 g/mol. The number of nitrogens with two attached hydrogens (primary N) is 1. The predicted octanol–water partition coefficient (Wildman–Crippen LogP) is 6.63. The van der Waals surface area contributed by atoms with Crippen molar-refractivity contribution in [2.75, 3.05) is 19.6 Å². The first kappa shape index (κ1) is 28.4. The van der Waals surface area contributed by atoms with Crippen molar-refractivity contribution in [1.29, 1.82) is 0 Å². The van der Waals surface area contributed by atoms with Gasteiger partial charge in [0.15, 0.2) is 14.1 Å². The molecular weight excluding hydrogens is 505 g/mol. The van der Waals surface area contributed by atoms with Gasteiger partial charge in [0.25, 0.3) is 8.32 Å². The van der Waals surface area contributed by atoms with Crippen LogP contribution in [-0.2, 0) is 16.3 Å². The van der Waals surface area contributed by atoms with Gasteiger partial charge in [0.2, 0.25) is 0 Å². The maximum Gasteiger partial charge on any atom is 0.250 e. The first-order chi connectivity index (χ1) is 17.5. The molecule has 2 N–H and O–H groups in total. The van der Waals surface area contributed by atoms with Crippen LogP contribution in [-0.4, -0.2) is 59.4 Å². The molecule has 4 aliphatic rings. The van der Waals surface area contributed by atoms with Crippen molar-refractivity contribution in [1.82, 2.24) is 4.90 Å². The summed E-state index contributed by atoms with van der Waals surface area (Å²) in [4.78, 5) is 2.71. The molecule has 7 heteroatoms. The molecule has 1 aromatic carbocycles. The van der Waals surface area contributed by atoms with Gasteiger partial charge in [-0.2, -0.15) is 0 Å². The largest absolute Gasteiger partial charge is 0.541 e. The van der Waals surface area contributed by atoms with Crippen molar-refractivity contribution in [2.45, 2.75) is 121 Å². The van der Waals surface area contributed by atoms with E-state index in [0.29, 0.717) is 12.0 Å². The third-order valence-electron chi connectivity index (χ3n) is 11.0. The lowest BCUT2D eigenvalue weighted by molar-refractivity contribution is -0.0480. The van der Waals surface area contributed by atoms with E-state index in [0.717, 1.165) is 50.4 Å². The highest BCUT2D eigenvalue weighted by atomic mass is 28.4. The van der Waals surface area contributed by atoms with Crippen molar-refractivity contribution in [3.63, 3.8) is 0 Å². The minimum Gasteiger partial charge on any atom is -0.541 e. The molecule has 1 spiro atoms. The molecule has 2 bridgehead atoms. The van der Waals surface area contributed by atoms with E-state index < -0.39 is 16.6 Å². The molecule has 1 fully saturated rings. The van der Waals surface area contributed by atoms with Crippen molar-refractivity contribution in [3.8, 4) is 11.5 Å². The third kappa shape index (κ3) is 4.26. The van der Waals surface area contributed by atoms with Crippen molar-refractivity contribution >= 4 is 16.6 Å². The molecule has 2 heterocycles. The lowest BCUT2D eigenvalue weighted by Crippen LogP contribution is -2.66. The molecule has 5 rings (SSSR count). The van der Waals surface area contributed by atoms with Crippen LogP contribution in [0.25, 0.3) is 0 Å². The van der Waals surface area contributed by atoms with Crippen LogP contribution in [0.15, 0.2) is 24.3 Å². The van der Waals surface area contributed by atoms with Crippen molar-refractivity contribution in [2.24, 2.45) is 11.7 Å². The van der Waals surface area contributed by atoms with E-state index in [1.54, 1.807) is 0 Å². The highest BCUT2D eigenvalue weighted by Gasteiger charge is 2.65. The molecular formula is C31H52N2O3Si2. The fourth-order valence-electron chi connectivity index (χ4n) is 6.80. The first-order valence-corrected chi connectivity index (χ1v) is 20.7. The van der Waals surface area contributed by atoms with Crippen LogP contribution in [0.3, 0.4) is 0 Å². The van der Waals surface area contributed by atoms with E-state index in [4.69, 9.17) is 19.3 Å². The van der Waals surface area contributed by atoms with Gasteiger partial charge >= 0.3 is 0 Å². The van der Waals surface area contributed by atoms with E-state index in [1.807, 2.05) is 0 Å². The molecule has 0 radical (unpaired) electrons. The molecule has 5 nitrogen and oxygen atoms in total. The Balaban J connectivity index is 1.61. The van der Waals surface area contributed by atoms with Gasteiger partial charge in [-0.1, -0.05) is 59.8 Å². The molecule has 212 valence electrons. The Hall–Kier alpha value is -1.13. The lowest BCUT2D eigenvalue weighted by atomic mass is 9.53. The van der Waals surface area contributed by atoms with Crippen LogP contribution >= 0.6 is 0 Å². The SMILES string of the molecule is CC(C)(C)[Si](C)(C)Oc1ccc2c3c1OC1C(O[Si](C)(C)C(C)(C)C)C=C[C@H]4[C@@H](C2)N(CCCN)CC[C@]314. The smallest absolute Gasteiger partial charge is 0.250 e. The fraction of sp³-hybridized carbons (Fsp3) is 0.742. The second-order valence-electron chi connectivity index (χ2n) is 15.3. The summed E-state index contributed by atoms with van der Waals surface area (Å²) in [5.74, 6) is 2.40. The van der Waals surface area contributed by atoms with Gasteiger partial charge in [-0.25, -0.2) is 0 Å². The molecule has 0 aromatic heterocycles. The maximum atomic E-state index is 7.16. The van der Waals surface area contributed by atoms with Gasteiger partial charge in [0.05, 0.1) is 0 Å². The molecule has 2 aliphatic heterocycles. The third-order valence-corrected chi connectivity index (χ3v) is 19.8. The normalized spacial score (nSPS) is 30.7. The Morgan fingerprint density at radius 2 is 1.71 bits per heavy atom. The Labute approximate surface area is 233 Å². The van der Waals surface area contributed by atoms with E-state index in [2.05, 4.69) is 96.9 Å². The number of piperidine rings is 1. The van der Waals surface area contributed by atoms with Gasteiger partial charge < -0.3 is 19.3 Å². The molecule has 2 aliphatic carbocycles. The number of benzene rings is 1. The zero-order chi connectivity index (χ0) is 27.9. The fourth-order valence-corrected chi connectivity index (χ4v) is 9.05. The topological polar surface area (TPSA) is 57.0 Å². The van der Waals surface area contributed by atoms with Crippen LogP contribution in [0.2, 0.25) is 36.3 Å². The highest BCUT2D eigenvalue weighted by molar-refractivity contribution is 6.75. The van der Waals surface area contributed by atoms with Gasteiger partial charge in [0.1, 0.15) is 18.0 Å². The number of ether oxygens (including phenoxy) is 1. The average molecular weight is 557 g/mol. The van der Waals surface area contributed by atoms with Crippen LogP contribution in [0.5, 0.6) is 11.5 Å². The van der Waals surface area contributed by atoms with Gasteiger partial charge in [-0.05, 0) is 86.8 Å². The summed E-state index contributed by atoms with van der Waals surface area (Å²) >= 11 is 0. The van der Waals surface area contributed by atoms with Crippen LogP contribution in [0.4, 0.5) is 0 Å². The number of nitrogens with zero attached hydrogens (tertiary/aromatic N) is 1. The molecule has 1 saturated heterocycles. The molecule has 38 heavy (non-hydrogen) atoms. The summed E-state index contributed by atoms with van der Waals surface area (Å²) in [7, 11) is -4.04. The summed E-state index contributed by atoms with van der Waals surface area (Å²) in [6.07, 6.45) is 8.03. The Morgan fingerprint density at radius 3 is 2.34 bits per heavy atom. The summed E-state index contributed by atoms with van der Waals surface area (Å²) in [5.41, 5.74) is 8.77. The highest BCUT2D eigenvalue weighted by Crippen LogP contribution is 2.63. The lowest BCUT2D eigenvalue weighted by Gasteiger charge is -2.58. The zero-order valence-electron chi connectivity index (χ0n) is 25.6. The number of hydrogen-bond donors (Lipinski definition) is 1. The number of likely N-dealkylation sites (tertiary alicyclic amines) is 1. The van der Waals surface area contributed by atoms with E-state index in [9.17, 15) is 0 Å². The summed E-state index contributed by atoms with van der Waals surface area (Å²) in [5, 5.41) is 0.264. The number of hydrogen-bond acceptors (Lipinski definition) is 5. The standard InChI is InChI=1S/C31H52N2O3Si2/c1-29(2,3)37(7,8)35-24-14-12-21-20-23-22-13-15-25(36-38(9,10)30(4,5)6)28-31(22,26(21)27(24)34-28)16-19-33(23)18-11-17-32/h12-15,22-23,25,28H,11,16-20,32H2,1-10H3/t22-,23+,25?,28?,31-/m0/s1. The van der Waals surface area contributed by atoms with Gasteiger partial charge in [0, 0.05) is 22.9 Å². The van der Waals surface area contributed by atoms with Crippen LogP contribution < -0.4 is 14.9 Å². The summed E-state index contributed by atoms with van der Waals surface area (Å²) in [6, 6.07) is 5.05. The molecule has 0 saturated carbocycles. The quantitative estimate of drug-likeness (QED) is 0.302. The Kier molecular flexibility index (Phi) is 6.87. The minimum absolute atomic E-state index is 0.0102. The minimum atomic E-state index is -2.03. The second-order valence-corrected chi connectivity index (χ2v) is 24.8. The maximum absolute atomic E-state index is 7.16. The van der Waals surface area contributed by atoms with E-state index >= 15 is 0 Å². The average Bonchev–Trinajstić information content (AvgIpc) is 3.14. The molecule has 0 amide bonds. The zero-order valence-corrected chi connectivity index (χ0v) is 27.6. The molecule has 2 unspecified atom stereocenters. The summed E-state index contributed by atoms with van der Waals surface area (Å²) < 4.78 is 21.3. The van der Waals surface area contributed by atoms with Crippen LogP contribution in [0.1, 0.15) is 65.5 Å². The van der Waals surface area contributed by atoms with E-state index in [-0.39, 0.29) is 27.7 Å². The second kappa shape index (κ2) is 9.20. The van der Waals surface area contributed by atoms with Gasteiger partial charge in [-0.15, -0.1) is 0 Å². The van der Waals surface area contributed by atoms with Crippen molar-refractivity contribution in [3.05, 3.63) is 35.4 Å². The molecule has 1 aromatic rings. The number of rotatable bonds is 7. The van der Waals surface area contributed by atoms with Crippen molar-refractivity contribution < 1.29 is 13.6 Å². The first-order valence-electron chi connectivity index (χ1n) is 14.9. The van der Waals surface area contributed by atoms with Crippen LogP contribution in [0, 0.1) is 5.92 Å². The predicted molar refractivity (Wildman–Crippen MR) is 162 cm³/mol. The van der Waals surface area contributed by atoms with E-state index in [1.165, 1.54) is 11.1 Å². The van der Waals surface area contributed by atoms with Gasteiger partial charge in [-0.3, -0.25) is 4.90 Å².